The van der Waals surface area contributed by atoms with Crippen LogP contribution in [0.1, 0.15) is 38.3 Å². The van der Waals surface area contributed by atoms with Gasteiger partial charge in [-0.15, -0.1) is 10.2 Å². The lowest BCUT2D eigenvalue weighted by atomic mass is 9.84. The Balaban J connectivity index is 1.48. The lowest BCUT2D eigenvalue weighted by Crippen LogP contribution is -2.39. The van der Waals surface area contributed by atoms with Crippen molar-refractivity contribution in [1.82, 2.24) is 10.2 Å². The number of nitrogens with zero attached hydrogens (tertiary/aromatic N) is 2. The smallest absolute Gasteiger partial charge is 0.157 e. The largest absolute Gasteiger partial charge is 0.497 e. The van der Waals surface area contributed by atoms with Crippen LogP contribution in [-0.4, -0.2) is 28.0 Å². The standard InChI is InChI=1S/C43H40N3O2P/c1-4-43(47,5-2)41(30-17-9-6-10-18-30)44-42-37-24-16-15-23-36(37)40(45-46-42)39-35-27-26-32(48-3)29-31(35)25-28-38(39)49(33-19-11-7-12-20-33)34-21-13-8-14-22-34/h6-29,41,47H,4-5H2,1-3H3,(H,44,46)/t41-/m1/s1. The van der Waals surface area contributed by atoms with Gasteiger partial charge in [-0.3, -0.25) is 0 Å². The van der Waals surface area contributed by atoms with Crippen molar-refractivity contribution in [1.29, 1.82) is 0 Å². The number of aliphatic hydroxyl groups is 1. The second kappa shape index (κ2) is 14.2. The molecule has 0 unspecified atom stereocenters. The van der Waals surface area contributed by atoms with Crippen LogP contribution in [0.5, 0.6) is 5.75 Å². The first kappa shape index (κ1) is 32.5. The number of nitrogens with one attached hydrogen (secondary N) is 1. The molecule has 0 aliphatic heterocycles. The van der Waals surface area contributed by atoms with Gasteiger partial charge in [0, 0.05) is 16.3 Å². The van der Waals surface area contributed by atoms with Crippen molar-refractivity contribution in [2.24, 2.45) is 0 Å². The molecule has 0 bridgehead atoms. The van der Waals surface area contributed by atoms with Crippen molar-refractivity contribution >= 4 is 51.2 Å². The Hall–Kier alpha value is -5.09. The average Bonchev–Trinajstić information content (AvgIpc) is 3.17. The number of benzene rings is 6. The second-order valence-corrected chi connectivity index (χ2v) is 14.5. The first-order valence-corrected chi connectivity index (χ1v) is 18.2. The van der Waals surface area contributed by atoms with Gasteiger partial charge in [0.15, 0.2) is 5.82 Å². The third kappa shape index (κ3) is 6.28. The highest BCUT2D eigenvalue weighted by molar-refractivity contribution is 7.80. The summed E-state index contributed by atoms with van der Waals surface area (Å²) in [5.74, 6) is 1.45. The molecule has 6 heteroatoms. The number of fused-ring (bicyclic) bond motifs is 2. The van der Waals surface area contributed by atoms with E-state index in [-0.39, 0.29) is 6.04 Å². The van der Waals surface area contributed by atoms with Crippen LogP contribution < -0.4 is 26.0 Å². The van der Waals surface area contributed by atoms with Gasteiger partial charge in [0.1, 0.15) is 11.4 Å². The molecule has 0 aliphatic rings. The van der Waals surface area contributed by atoms with E-state index in [1.165, 1.54) is 15.9 Å². The van der Waals surface area contributed by atoms with Gasteiger partial charge >= 0.3 is 0 Å². The molecule has 1 atom stereocenters. The predicted molar refractivity (Wildman–Crippen MR) is 206 cm³/mol. The summed E-state index contributed by atoms with van der Waals surface area (Å²) in [5, 5.41) is 33.4. The van der Waals surface area contributed by atoms with Crippen molar-refractivity contribution in [3.63, 3.8) is 0 Å². The van der Waals surface area contributed by atoms with Gasteiger partial charge in [0.05, 0.1) is 18.8 Å². The molecule has 0 saturated carbocycles. The summed E-state index contributed by atoms with van der Waals surface area (Å²) in [6, 6.07) is 50.3. The SMILES string of the molecule is CCC(O)(CC)[C@H](Nc1nnc(-c2c(P(c3ccccc3)c3ccccc3)ccc3cc(OC)ccc23)c2ccccc12)c1ccccc1. The number of aromatic nitrogens is 2. The molecule has 0 radical (unpaired) electrons. The van der Waals surface area contributed by atoms with Crippen LogP contribution in [0.2, 0.25) is 0 Å². The van der Waals surface area contributed by atoms with E-state index >= 15 is 0 Å². The van der Waals surface area contributed by atoms with Gasteiger partial charge in [-0.1, -0.05) is 141 Å². The topological polar surface area (TPSA) is 67.3 Å². The summed E-state index contributed by atoms with van der Waals surface area (Å²) in [4.78, 5) is 0. The molecule has 0 saturated heterocycles. The van der Waals surface area contributed by atoms with Crippen molar-refractivity contribution in [2.45, 2.75) is 38.3 Å². The highest BCUT2D eigenvalue weighted by Gasteiger charge is 2.35. The summed E-state index contributed by atoms with van der Waals surface area (Å²) in [6.07, 6.45) is 1.18. The van der Waals surface area contributed by atoms with Crippen LogP contribution in [-0.2, 0) is 0 Å². The third-order valence-corrected chi connectivity index (χ3v) is 12.1. The minimum absolute atomic E-state index is 0.378. The Kier molecular flexibility index (Phi) is 9.39. The van der Waals surface area contributed by atoms with Gasteiger partial charge in [0.2, 0.25) is 0 Å². The van der Waals surface area contributed by atoms with Crippen LogP contribution in [0, 0.1) is 0 Å². The zero-order chi connectivity index (χ0) is 33.8. The molecular weight excluding hydrogens is 621 g/mol. The molecule has 244 valence electrons. The van der Waals surface area contributed by atoms with Crippen molar-refractivity contribution in [3.8, 4) is 17.0 Å². The number of hydrogen-bond acceptors (Lipinski definition) is 5. The van der Waals surface area contributed by atoms with Gasteiger partial charge in [0.25, 0.3) is 0 Å². The monoisotopic (exact) mass is 661 g/mol. The van der Waals surface area contributed by atoms with Crippen LogP contribution in [0.3, 0.4) is 0 Å². The molecule has 0 aliphatic carbocycles. The molecule has 2 N–H and O–H groups in total. The second-order valence-electron chi connectivity index (χ2n) is 12.3. The van der Waals surface area contributed by atoms with Gasteiger partial charge in [-0.05, 0) is 71.2 Å². The van der Waals surface area contributed by atoms with E-state index < -0.39 is 13.5 Å². The predicted octanol–water partition coefficient (Wildman–Crippen LogP) is 8.92. The summed E-state index contributed by atoms with van der Waals surface area (Å²) < 4.78 is 5.64. The summed E-state index contributed by atoms with van der Waals surface area (Å²) >= 11 is 0. The third-order valence-electron chi connectivity index (χ3n) is 9.57. The van der Waals surface area contributed by atoms with Crippen LogP contribution in [0.15, 0.2) is 146 Å². The first-order chi connectivity index (χ1) is 24.0. The molecular formula is C43H40N3O2P. The maximum Gasteiger partial charge on any atom is 0.157 e. The zero-order valence-corrected chi connectivity index (χ0v) is 28.9. The van der Waals surface area contributed by atoms with Crippen molar-refractivity contribution < 1.29 is 9.84 Å². The Labute approximate surface area is 289 Å². The molecule has 7 aromatic rings. The van der Waals surface area contributed by atoms with E-state index in [2.05, 4.69) is 121 Å². The maximum atomic E-state index is 11.9. The zero-order valence-electron chi connectivity index (χ0n) is 28.0. The summed E-state index contributed by atoms with van der Waals surface area (Å²) in [7, 11) is 0.751. The van der Waals surface area contributed by atoms with E-state index in [4.69, 9.17) is 14.9 Å². The highest BCUT2D eigenvalue weighted by Crippen LogP contribution is 2.43. The quantitative estimate of drug-likeness (QED) is 0.136. The Morgan fingerprint density at radius 3 is 1.88 bits per heavy atom. The van der Waals surface area contributed by atoms with Gasteiger partial charge in [-0.2, -0.15) is 0 Å². The molecule has 0 spiro atoms. The fourth-order valence-electron chi connectivity index (χ4n) is 6.80. The minimum atomic E-state index is -0.980. The van der Waals surface area contributed by atoms with Crippen molar-refractivity contribution in [2.75, 3.05) is 12.4 Å². The molecule has 0 fully saturated rings. The fourth-order valence-corrected chi connectivity index (χ4v) is 9.27. The molecule has 7 rings (SSSR count). The maximum absolute atomic E-state index is 11.9. The van der Waals surface area contributed by atoms with E-state index in [0.717, 1.165) is 44.1 Å². The number of anilines is 1. The lowest BCUT2D eigenvalue weighted by molar-refractivity contribution is 0.0121. The van der Waals surface area contributed by atoms with Crippen LogP contribution in [0.4, 0.5) is 5.82 Å². The Morgan fingerprint density at radius 2 is 1.27 bits per heavy atom. The number of methoxy groups -OCH3 is 1. The molecule has 6 aromatic carbocycles. The van der Waals surface area contributed by atoms with Crippen LogP contribution in [0.25, 0.3) is 32.8 Å². The van der Waals surface area contributed by atoms with E-state index in [1.807, 2.05) is 44.2 Å². The van der Waals surface area contributed by atoms with E-state index in [9.17, 15) is 5.11 Å². The van der Waals surface area contributed by atoms with E-state index in [1.54, 1.807) is 7.11 Å². The highest BCUT2D eigenvalue weighted by atomic mass is 31.1. The van der Waals surface area contributed by atoms with Gasteiger partial charge < -0.3 is 15.2 Å². The molecule has 1 heterocycles. The fraction of sp³-hybridized carbons (Fsp3) is 0.163. The van der Waals surface area contributed by atoms with Crippen molar-refractivity contribution in [3.05, 3.63) is 151 Å². The van der Waals surface area contributed by atoms with Gasteiger partial charge in [-0.25, -0.2) is 0 Å². The van der Waals surface area contributed by atoms with Crippen LogP contribution >= 0.6 is 7.92 Å². The summed E-state index contributed by atoms with van der Waals surface area (Å²) in [6.45, 7) is 4.06. The Morgan fingerprint density at radius 1 is 0.673 bits per heavy atom. The molecule has 49 heavy (non-hydrogen) atoms. The average molecular weight is 662 g/mol. The molecule has 5 nitrogen and oxygen atoms in total. The minimum Gasteiger partial charge on any atom is -0.497 e. The molecule has 1 aromatic heterocycles. The number of rotatable bonds is 11. The number of hydrogen-bond donors (Lipinski definition) is 2. The Bertz CT molecular complexity index is 2150. The lowest BCUT2D eigenvalue weighted by Gasteiger charge is -2.36. The number of ether oxygens (including phenoxy) is 1. The molecule has 0 amide bonds. The van der Waals surface area contributed by atoms with E-state index in [0.29, 0.717) is 18.7 Å². The first-order valence-electron chi connectivity index (χ1n) is 16.8. The normalized spacial score (nSPS) is 12.3. The summed E-state index contributed by atoms with van der Waals surface area (Å²) in [5.41, 5.74) is 1.91.